The van der Waals surface area contributed by atoms with Crippen molar-refractivity contribution in [2.45, 2.75) is 76.5 Å². The lowest BCUT2D eigenvalue weighted by molar-refractivity contribution is 0.586. The second-order valence-electron chi connectivity index (χ2n) is 15.1. The first-order valence-corrected chi connectivity index (χ1v) is 19.8. The first-order chi connectivity index (χ1) is 26.6. The summed E-state index contributed by atoms with van der Waals surface area (Å²) < 4.78 is 1.94. The molecule has 5 aliphatic rings. The van der Waals surface area contributed by atoms with Crippen LogP contribution in [0, 0.1) is 5.92 Å². The van der Waals surface area contributed by atoms with Crippen LogP contribution >= 0.6 is 0 Å². The van der Waals surface area contributed by atoms with Gasteiger partial charge in [-0.3, -0.25) is 9.36 Å². The molecule has 2 aromatic carbocycles. The van der Waals surface area contributed by atoms with Gasteiger partial charge in [-0.05, 0) is 115 Å². The summed E-state index contributed by atoms with van der Waals surface area (Å²) >= 11 is 0. The Morgan fingerprint density at radius 2 is 1.65 bits per heavy atom. The van der Waals surface area contributed by atoms with E-state index in [4.69, 9.17) is 15.0 Å². The van der Waals surface area contributed by atoms with E-state index in [0.717, 1.165) is 90.5 Å². The first-order valence-electron chi connectivity index (χ1n) is 19.8. The summed E-state index contributed by atoms with van der Waals surface area (Å²) in [5.41, 5.74) is 11.1. The van der Waals surface area contributed by atoms with E-state index < -0.39 is 0 Å². The van der Waals surface area contributed by atoms with Crippen LogP contribution in [-0.2, 0) is 12.8 Å². The summed E-state index contributed by atoms with van der Waals surface area (Å²) in [6.45, 7) is 2.25. The summed E-state index contributed by atoms with van der Waals surface area (Å²) in [7, 11) is 0. The summed E-state index contributed by atoms with van der Waals surface area (Å²) in [6.07, 6.45) is 39.6. The molecule has 3 unspecified atom stereocenters. The van der Waals surface area contributed by atoms with Crippen LogP contribution in [0.4, 0.5) is 0 Å². The molecule has 0 fully saturated rings. The molecule has 0 saturated heterocycles. The van der Waals surface area contributed by atoms with Crippen LogP contribution in [0.1, 0.15) is 109 Å². The van der Waals surface area contributed by atoms with E-state index in [9.17, 15) is 4.79 Å². The van der Waals surface area contributed by atoms with Gasteiger partial charge in [0.2, 0.25) is 0 Å². The first kappa shape index (κ1) is 34.1. The Morgan fingerprint density at radius 3 is 2.48 bits per heavy atom. The van der Waals surface area contributed by atoms with Crippen molar-refractivity contribution in [1.29, 1.82) is 0 Å². The number of rotatable bonds is 8. The molecule has 2 heterocycles. The maximum absolute atomic E-state index is 14.2. The molecule has 54 heavy (non-hydrogen) atoms. The molecule has 5 nitrogen and oxygen atoms in total. The summed E-state index contributed by atoms with van der Waals surface area (Å²) in [4.78, 5) is 29.4. The van der Waals surface area contributed by atoms with E-state index in [1.165, 1.54) is 40.7 Å². The number of fused-ring (bicyclic) bond motifs is 3. The third kappa shape index (κ3) is 6.68. The summed E-state index contributed by atoms with van der Waals surface area (Å²) in [6, 6.07) is 17.3. The minimum Gasteiger partial charge on any atom is -0.277 e. The zero-order valence-electron chi connectivity index (χ0n) is 31.0. The van der Waals surface area contributed by atoms with E-state index in [1.54, 1.807) is 0 Å². The molecular formula is C49H46N4O. The zero-order valence-corrected chi connectivity index (χ0v) is 31.0. The highest BCUT2D eigenvalue weighted by atomic mass is 16.1. The third-order valence-electron chi connectivity index (χ3n) is 11.5. The van der Waals surface area contributed by atoms with Gasteiger partial charge in [0.15, 0.2) is 11.6 Å². The van der Waals surface area contributed by atoms with Crippen molar-refractivity contribution in [3.8, 4) is 17.1 Å². The third-order valence-corrected chi connectivity index (χ3v) is 11.5. The Morgan fingerprint density at radius 1 is 0.759 bits per heavy atom. The van der Waals surface area contributed by atoms with Gasteiger partial charge in [0, 0.05) is 28.7 Å². The molecule has 0 aliphatic heterocycles. The highest BCUT2D eigenvalue weighted by molar-refractivity contribution is 5.76. The van der Waals surface area contributed by atoms with Crippen molar-refractivity contribution >= 4 is 23.3 Å². The normalized spacial score (nSPS) is 21.1. The molecule has 0 amide bonds. The molecule has 2 aromatic heterocycles. The fourth-order valence-electron chi connectivity index (χ4n) is 8.70. The van der Waals surface area contributed by atoms with Gasteiger partial charge in [-0.2, -0.15) is 0 Å². The van der Waals surface area contributed by atoms with Crippen LogP contribution in [0.5, 0.6) is 0 Å². The van der Waals surface area contributed by atoms with Crippen molar-refractivity contribution in [1.82, 2.24) is 19.5 Å². The van der Waals surface area contributed by atoms with Crippen molar-refractivity contribution in [3.05, 3.63) is 177 Å². The van der Waals surface area contributed by atoms with Gasteiger partial charge in [-0.1, -0.05) is 123 Å². The van der Waals surface area contributed by atoms with E-state index in [1.807, 2.05) is 4.57 Å². The SMILES string of the molecule is CCCC1C=C(c2ccc(-n3c4c(c5c(c3=O)C=CCC5)CC(c3cccc(-c5nc(C6=CC=CCC6)nc(C6C=CC=CC6)n5)c3)C=C4)cc2)C=CC1. The van der Waals surface area contributed by atoms with Gasteiger partial charge in [0.1, 0.15) is 5.82 Å². The molecule has 0 saturated carbocycles. The van der Waals surface area contributed by atoms with E-state index in [2.05, 4.69) is 141 Å². The number of nitrogens with zero attached hydrogens (tertiary/aromatic N) is 4. The quantitative estimate of drug-likeness (QED) is 0.183. The van der Waals surface area contributed by atoms with Crippen LogP contribution in [0.25, 0.3) is 40.4 Å². The molecule has 9 rings (SSSR count). The monoisotopic (exact) mass is 706 g/mol. The highest BCUT2D eigenvalue weighted by Crippen LogP contribution is 2.37. The van der Waals surface area contributed by atoms with Crippen LogP contribution in [0.2, 0.25) is 0 Å². The lowest BCUT2D eigenvalue weighted by Gasteiger charge is -2.28. The van der Waals surface area contributed by atoms with Gasteiger partial charge in [0.05, 0.1) is 5.69 Å². The van der Waals surface area contributed by atoms with E-state index in [-0.39, 0.29) is 17.4 Å². The average molecular weight is 707 g/mol. The Bertz CT molecular complexity index is 2410. The maximum Gasteiger partial charge on any atom is 0.263 e. The Labute approximate surface area is 318 Å². The minimum atomic E-state index is 0.0608. The number of benzene rings is 2. The molecule has 0 N–H and O–H groups in total. The number of aromatic nitrogens is 4. The van der Waals surface area contributed by atoms with Gasteiger partial charge in [0.25, 0.3) is 5.56 Å². The standard InChI is InChI=1S/C49H46N4O/c1-2-13-33-14-11-19-37(30-33)34-24-27-41(28-25-34)53-45-29-26-39(32-44(45)42-22-9-10-23-43(42)49(53)54)38-20-12-21-40(31-38)48-51-46(35-15-5-3-6-16-35)50-47(52-48)36-17-7-4-8-18-36/h3-7,10-12,15,17,19-21,23-31,33,35,39H,2,8-9,13-14,16,18,22,32H2,1H3. The topological polar surface area (TPSA) is 60.7 Å². The Balaban J connectivity index is 1.07. The average Bonchev–Trinajstić information content (AvgIpc) is 3.25. The number of hydrogen-bond donors (Lipinski definition) is 0. The van der Waals surface area contributed by atoms with Crippen molar-refractivity contribution < 1.29 is 0 Å². The van der Waals surface area contributed by atoms with Gasteiger partial charge in [-0.15, -0.1) is 0 Å². The number of hydrogen-bond acceptors (Lipinski definition) is 4. The predicted molar refractivity (Wildman–Crippen MR) is 222 cm³/mol. The summed E-state index contributed by atoms with van der Waals surface area (Å²) in [5.74, 6) is 3.19. The second kappa shape index (κ2) is 15.0. The van der Waals surface area contributed by atoms with Crippen LogP contribution in [0.15, 0.2) is 126 Å². The predicted octanol–water partition coefficient (Wildman–Crippen LogP) is 11.1. The number of allylic oxidation sites excluding steroid dienone is 14. The Kier molecular flexibility index (Phi) is 9.46. The zero-order chi connectivity index (χ0) is 36.4. The fraction of sp³-hybridized carbons (Fsp3) is 0.265. The molecule has 268 valence electrons. The maximum atomic E-state index is 14.2. The molecule has 5 heteroatoms. The highest BCUT2D eigenvalue weighted by Gasteiger charge is 2.27. The van der Waals surface area contributed by atoms with Crippen molar-refractivity contribution in [3.63, 3.8) is 0 Å². The molecule has 5 aliphatic carbocycles. The molecule has 0 radical (unpaired) electrons. The lowest BCUT2D eigenvalue weighted by Crippen LogP contribution is -2.29. The fourth-order valence-corrected chi connectivity index (χ4v) is 8.70. The van der Waals surface area contributed by atoms with Crippen LogP contribution in [-0.4, -0.2) is 19.5 Å². The Hall–Kier alpha value is -5.68. The second-order valence-corrected chi connectivity index (χ2v) is 15.1. The molecule has 0 spiro atoms. The molecule has 4 aromatic rings. The van der Waals surface area contributed by atoms with Gasteiger partial charge in [-0.25, -0.2) is 15.0 Å². The largest absolute Gasteiger partial charge is 0.277 e. The molecule has 3 atom stereocenters. The van der Waals surface area contributed by atoms with Crippen LogP contribution < -0.4 is 5.56 Å². The number of pyridine rings is 1. The molecular weight excluding hydrogens is 661 g/mol. The van der Waals surface area contributed by atoms with Crippen molar-refractivity contribution in [2.24, 2.45) is 5.92 Å². The van der Waals surface area contributed by atoms with E-state index >= 15 is 0 Å². The lowest BCUT2D eigenvalue weighted by atomic mass is 9.81. The van der Waals surface area contributed by atoms with E-state index in [0.29, 0.717) is 5.92 Å². The van der Waals surface area contributed by atoms with Crippen LogP contribution in [0.3, 0.4) is 0 Å². The van der Waals surface area contributed by atoms with Gasteiger partial charge < -0.3 is 0 Å². The summed E-state index contributed by atoms with van der Waals surface area (Å²) in [5, 5.41) is 0. The van der Waals surface area contributed by atoms with Crippen molar-refractivity contribution in [2.75, 3.05) is 0 Å². The molecule has 0 bridgehead atoms. The smallest absolute Gasteiger partial charge is 0.263 e. The van der Waals surface area contributed by atoms with Gasteiger partial charge >= 0.3 is 0 Å². The minimum absolute atomic E-state index is 0.0608.